The van der Waals surface area contributed by atoms with Crippen molar-refractivity contribution in [1.29, 1.82) is 0 Å². The molecule has 11 nitrogen and oxygen atoms in total. The number of nitrogens with one attached hydrogen (secondary N) is 1. The molecule has 4 aromatic rings. The van der Waals surface area contributed by atoms with Gasteiger partial charge in [-0.3, -0.25) is 14.9 Å². The van der Waals surface area contributed by atoms with E-state index in [4.69, 9.17) is 4.74 Å². The van der Waals surface area contributed by atoms with Crippen LogP contribution in [0.1, 0.15) is 19.8 Å². The number of hydrogen-bond donors (Lipinski definition) is 1. The number of carbonyl (C=O) groups excluding carboxylic acids is 1. The summed E-state index contributed by atoms with van der Waals surface area (Å²) in [6.07, 6.45) is 4.93. The predicted molar refractivity (Wildman–Crippen MR) is 151 cm³/mol. The maximum atomic E-state index is 12.1. The standard InChI is InChI=1S/C28H31N7O4/c1-18(36)34-11-8-21(9-12-34)33(3)25-16-27(39-4)23(14-26(25)35(37)38)31-28-15-22(29-17-30-28)19-5-6-24-20(13-19)7-10-32(24)2/h5-7,10,13-17,21H,8-9,11-12H2,1-4H3,(H,29,30,31). The number of nitro benzene ring substituents is 1. The predicted octanol–water partition coefficient (Wildman–Crippen LogP) is 4.74. The van der Waals surface area contributed by atoms with Gasteiger partial charge in [0.15, 0.2) is 0 Å². The topological polar surface area (TPSA) is 119 Å². The molecule has 202 valence electrons. The third-order valence-corrected chi connectivity index (χ3v) is 7.44. The number of piperidine rings is 1. The van der Waals surface area contributed by atoms with Crippen LogP contribution in [0.3, 0.4) is 0 Å². The number of methoxy groups -OCH3 is 1. The normalized spacial score (nSPS) is 13.9. The number of rotatable bonds is 7. The quantitative estimate of drug-likeness (QED) is 0.269. The van der Waals surface area contributed by atoms with Crippen LogP contribution in [0.2, 0.25) is 0 Å². The zero-order chi connectivity index (χ0) is 27.7. The van der Waals surface area contributed by atoms with Gasteiger partial charge in [-0.25, -0.2) is 9.97 Å². The van der Waals surface area contributed by atoms with E-state index in [1.807, 2.05) is 37.3 Å². The van der Waals surface area contributed by atoms with Gasteiger partial charge < -0.3 is 24.4 Å². The second kappa shape index (κ2) is 10.6. The average Bonchev–Trinajstić information content (AvgIpc) is 3.32. The highest BCUT2D eigenvalue weighted by Crippen LogP contribution is 2.40. The number of carbonyl (C=O) groups is 1. The average molecular weight is 530 g/mol. The number of anilines is 3. The number of nitro groups is 1. The lowest BCUT2D eigenvalue weighted by atomic mass is 10.0. The Kier molecular flexibility index (Phi) is 7.05. The summed E-state index contributed by atoms with van der Waals surface area (Å²) in [5.74, 6) is 0.987. The monoisotopic (exact) mass is 529 g/mol. The molecule has 5 rings (SSSR count). The molecule has 1 aliphatic rings. The number of ether oxygens (including phenoxy) is 1. The molecule has 3 heterocycles. The third-order valence-electron chi connectivity index (χ3n) is 7.44. The summed E-state index contributed by atoms with van der Waals surface area (Å²) < 4.78 is 7.69. The van der Waals surface area contributed by atoms with Gasteiger partial charge >= 0.3 is 0 Å². The Balaban J connectivity index is 1.43. The van der Waals surface area contributed by atoms with Gasteiger partial charge in [0.2, 0.25) is 5.91 Å². The van der Waals surface area contributed by atoms with Crippen LogP contribution in [0, 0.1) is 10.1 Å². The van der Waals surface area contributed by atoms with E-state index in [-0.39, 0.29) is 22.6 Å². The summed E-state index contributed by atoms with van der Waals surface area (Å²) >= 11 is 0. The van der Waals surface area contributed by atoms with Crippen LogP contribution >= 0.6 is 0 Å². The Morgan fingerprint density at radius 1 is 1.15 bits per heavy atom. The highest BCUT2D eigenvalue weighted by atomic mass is 16.6. The van der Waals surface area contributed by atoms with Crippen molar-refractivity contribution in [3.8, 4) is 17.0 Å². The first-order valence-electron chi connectivity index (χ1n) is 12.7. The zero-order valence-corrected chi connectivity index (χ0v) is 22.4. The molecule has 1 saturated heterocycles. The van der Waals surface area contributed by atoms with E-state index in [0.717, 1.165) is 35.0 Å². The van der Waals surface area contributed by atoms with Gasteiger partial charge in [0, 0.05) is 81.0 Å². The number of likely N-dealkylation sites (tertiary alicyclic amines) is 1. The minimum absolute atomic E-state index is 0.0430. The Morgan fingerprint density at radius 3 is 2.62 bits per heavy atom. The molecule has 0 unspecified atom stereocenters. The summed E-state index contributed by atoms with van der Waals surface area (Å²) in [5, 5.41) is 16.4. The molecule has 0 saturated carbocycles. The molecule has 2 aromatic heterocycles. The van der Waals surface area contributed by atoms with Crippen LogP contribution < -0.4 is 15.0 Å². The fourth-order valence-corrected chi connectivity index (χ4v) is 5.18. The maximum Gasteiger partial charge on any atom is 0.294 e. The first kappa shape index (κ1) is 26.0. The molecule has 0 atom stereocenters. The number of amides is 1. The molecular weight excluding hydrogens is 498 g/mol. The van der Waals surface area contributed by atoms with E-state index >= 15 is 0 Å². The van der Waals surface area contributed by atoms with E-state index in [2.05, 4.69) is 32.0 Å². The lowest BCUT2D eigenvalue weighted by Gasteiger charge is -2.37. The number of benzene rings is 2. The Morgan fingerprint density at radius 2 is 1.92 bits per heavy atom. The van der Waals surface area contributed by atoms with Crippen molar-refractivity contribution in [2.45, 2.75) is 25.8 Å². The molecule has 1 fully saturated rings. The minimum Gasteiger partial charge on any atom is -0.494 e. The van der Waals surface area contributed by atoms with E-state index < -0.39 is 0 Å². The second-order valence-corrected chi connectivity index (χ2v) is 9.76. The molecule has 0 radical (unpaired) electrons. The summed E-state index contributed by atoms with van der Waals surface area (Å²) in [6, 6.07) is 13.2. The van der Waals surface area contributed by atoms with Crippen molar-refractivity contribution in [2.75, 3.05) is 37.5 Å². The molecule has 2 aromatic carbocycles. The van der Waals surface area contributed by atoms with Crippen molar-refractivity contribution < 1.29 is 14.5 Å². The second-order valence-electron chi connectivity index (χ2n) is 9.76. The van der Waals surface area contributed by atoms with Crippen LogP contribution in [0.4, 0.5) is 22.9 Å². The molecule has 39 heavy (non-hydrogen) atoms. The fourth-order valence-electron chi connectivity index (χ4n) is 5.18. The van der Waals surface area contributed by atoms with Crippen LogP contribution in [0.15, 0.2) is 55.0 Å². The van der Waals surface area contributed by atoms with E-state index in [1.54, 1.807) is 24.0 Å². The Labute approximate surface area is 226 Å². The van der Waals surface area contributed by atoms with Crippen molar-refractivity contribution >= 4 is 39.7 Å². The number of hydrogen-bond acceptors (Lipinski definition) is 8. The van der Waals surface area contributed by atoms with Crippen LogP contribution in [0.5, 0.6) is 5.75 Å². The molecule has 11 heteroatoms. The summed E-state index contributed by atoms with van der Waals surface area (Å²) in [6.45, 7) is 2.82. The molecule has 1 aliphatic heterocycles. The highest BCUT2D eigenvalue weighted by molar-refractivity contribution is 5.85. The van der Waals surface area contributed by atoms with Crippen LogP contribution in [-0.2, 0) is 11.8 Å². The van der Waals surface area contributed by atoms with Crippen molar-refractivity contribution in [3.05, 3.63) is 65.1 Å². The van der Waals surface area contributed by atoms with Crippen molar-refractivity contribution in [3.63, 3.8) is 0 Å². The number of fused-ring (bicyclic) bond motifs is 1. The van der Waals surface area contributed by atoms with E-state index in [9.17, 15) is 14.9 Å². The van der Waals surface area contributed by atoms with Crippen molar-refractivity contribution in [2.24, 2.45) is 7.05 Å². The Hall–Kier alpha value is -4.67. The number of nitrogens with zero attached hydrogens (tertiary/aromatic N) is 6. The highest BCUT2D eigenvalue weighted by Gasteiger charge is 2.29. The molecule has 0 aliphatic carbocycles. The van der Waals surface area contributed by atoms with Gasteiger partial charge in [-0.1, -0.05) is 6.07 Å². The lowest BCUT2D eigenvalue weighted by Crippen LogP contribution is -2.45. The lowest BCUT2D eigenvalue weighted by molar-refractivity contribution is -0.384. The zero-order valence-electron chi connectivity index (χ0n) is 22.4. The van der Waals surface area contributed by atoms with Gasteiger partial charge in [-0.2, -0.15) is 0 Å². The molecule has 1 amide bonds. The minimum atomic E-state index is -0.387. The van der Waals surface area contributed by atoms with Gasteiger partial charge in [0.05, 0.1) is 23.4 Å². The summed E-state index contributed by atoms with van der Waals surface area (Å²) in [5.41, 5.74) is 3.63. The molecule has 0 spiro atoms. The maximum absolute atomic E-state index is 12.1. The summed E-state index contributed by atoms with van der Waals surface area (Å²) in [4.78, 5) is 35.9. The Bertz CT molecular complexity index is 1540. The largest absolute Gasteiger partial charge is 0.494 e. The van der Waals surface area contributed by atoms with Gasteiger partial charge in [-0.15, -0.1) is 0 Å². The van der Waals surface area contributed by atoms with Gasteiger partial charge in [0.25, 0.3) is 5.69 Å². The van der Waals surface area contributed by atoms with Crippen LogP contribution in [0.25, 0.3) is 22.2 Å². The van der Waals surface area contributed by atoms with Crippen molar-refractivity contribution in [1.82, 2.24) is 19.4 Å². The molecular formula is C28H31N7O4. The van der Waals surface area contributed by atoms with Crippen LogP contribution in [-0.4, -0.2) is 63.6 Å². The first-order chi connectivity index (χ1) is 18.7. The number of aryl methyl sites for hydroxylation is 1. The fraction of sp³-hybridized carbons (Fsp3) is 0.321. The molecule has 1 N–H and O–H groups in total. The third kappa shape index (κ3) is 5.20. The smallest absolute Gasteiger partial charge is 0.294 e. The SMILES string of the molecule is COc1cc(N(C)C2CCN(C(C)=O)CC2)c([N+](=O)[O-])cc1Nc1cc(-c2ccc3c(ccn3C)c2)ncn1. The van der Waals surface area contributed by atoms with Gasteiger partial charge in [0.1, 0.15) is 23.6 Å². The van der Waals surface area contributed by atoms with E-state index in [0.29, 0.717) is 36.0 Å². The van der Waals surface area contributed by atoms with Gasteiger partial charge in [-0.05, 0) is 31.0 Å². The summed E-state index contributed by atoms with van der Waals surface area (Å²) in [7, 11) is 5.38. The number of aromatic nitrogens is 3. The first-order valence-corrected chi connectivity index (χ1v) is 12.7. The van der Waals surface area contributed by atoms with E-state index in [1.165, 1.54) is 19.5 Å². The molecule has 0 bridgehead atoms.